The van der Waals surface area contributed by atoms with Gasteiger partial charge in [0, 0.05) is 31.4 Å². The third kappa shape index (κ3) is 4.09. The van der Waals surface area contributed by atoms with Crippen LogP contribution in [0.4, 0.5) is 10.5 Å². The number of fused-ring (bicyclic) bond motifs is 1. The summed E-state index contributed by atoms with van der Waals surface area (Å²) in [6.45, 7) is 2.53. The van der Waals surface area contributed by atoms with Crippen LogP contribution in [0.15, 0.2) is 42.5 Å². The molecule has 2 aromatic rings. The normalized spacial score (nSPS) is 18.1. The second kappa shape index (κ2) is 8.82. The zero-order chi connectivity index (χ0) is 18.8. The lowest BCUT2D eigenvalue weighted by molar-refractivity contribution is 0.0949. The van der Waals surface area contributed by atoms with Gasteiger partial charge in [-0.05, 0) is 42.3 Å². The van der Waals surface area contributed by atoms with Crippen molar-refractivity contribution in [1.82, 2.24) is 16.0 Å². The first kappa shape index (κ1) is 20.5. The quantitative estimate of drug-likeness (QED) is 0.711. The molecule has 3 amide bonds. The van der Waals surface area contributed by atoms with Gasteiger partial charge in [-0.3, -0.25) is 9.69 Å². The van der Waals surface area contributed by atoms with E-state index in [-0.39, 0.29) is 30.4 Å². The monoisotopic (exact) mass is 420 g/mol. The van der Waals surface area contributed by atoms with Crippen LogP contribution in [0.25, 0.3) is 0 Å². The lowest BCUT2D eigenvalue weighted by Gasteiger charge is -2.27. The van der Waals surface area contributed by atoms with E-state index < -0.39 is 0 Å². The van der Waals surface area contributed by atoms with E-state index in [1.54, 1.807) is 23.1 Å². The van der Waals surface area contributed by atoms with E-state index in [4.69, 9.17) is 11.6 Å². The average molecular weight is 421 g/mol. The average Bonchev–Trinajstić information content (AvgIpc) is 3.12. The van der Waals surface area contributed by atoms with Crippen molar-refractivity contribution in [2.24, 2.45) is 0 Å². The molecule has 2 aliphatic rings. The summed E-state index contributed by atoms with van der Waals surface area (Å²) in [4.78, 5) is 26.2. The first-order valence-corrected chi connectivity index (χ1v) is 9.45. The van der Waals surface area contributed by atoms with Crippen molar-refractivity contribution in [2.45, 2.75) is 12.5 Å². The van der Waals surface area contributed by atoms with E-state index in [1.807, 2.05) is 12.1 Å². The van der Waals surface area contributed by atoms with E-state index in [0.29, 0.717) is 35.9 Å². The fraction of sp³-hybridized carbons (Fsp3) is 0.300. The number of hydrogen-bond donors (Lipinski definition) is 3. The van der Waals surface area contributed by atoms with Gasteiger partial charge < -0.3 is 16.0 Å². The highest BCUT2D eigenvalue weighted by molar-refractivity contribution is 6.34. The molecule has 0 aromatic heterocycles. The van der Waals surface area contributed by atoms with Crippen LogP contribution in [0.5, 0.6) is 0 Å². The molecule has 1 fully saturated rings. The van der Waals surface area contributed by atoms with E-state index in [2.05, 4.69) is 28.1 Å². The molecule has 0 bridgehead atoms. The minimum absolute atomic E-state index is 0. The van der Waals surface area contributed by atoms with Gasteiger partial charge in [-0.25, -0.2) is 4.79 Å². The van der Waals surface area contributed by atoms with Gasteiger partial charge in [-0.1, -0.05) is 35.9 Å². The fourth-order valence-electron chi connectivity index (χ4n) is 3.64. The largest absolute Gasteiger partial charge is 0.350 e. The molecular formula is C20H22Cl2N4O2. The predicted molar refractivity (Wildman–Crippen MR) is 113 cm³/mol. The molecule has 4 rings (SSSR count). The summed E-state index contributed by atoms with van der Waals surface area (Å²) < 4.78 is 0. The maximum absolute atomic E-state index is 12.7. The Morgan fingerprint density at radius 1 is 1.21 bits per heavy atom. The van der Waals surface area contributed by atoms with Gasteiger partial charge in [0.1, 0.15) is 0 Å². The standard InChI is InChI=1S/C20H21ClN4O2.ClH/c21-17-6-5-14(25-10-9-23-20(25)27)11-16(17)19(26)24-12-18-15-4-2-1-3-13(15)7-8-22-18;/h1-6,11,18,22H,7-10,12H2,(H,23,27)(H,24,26);1H. The summed E-state index contributed by atoms with van der Waals surface area (Å²) in [6.07, 6.45) is 0.992. The first-order valence-electron chi connectivity index (χ1n) is 9.08. The second-order valence-corrected chi connectivity index (χ2v) is 7.12. The number of carbonyl (C=O) groups excluding carboxylic acids is 2. The molecule has 6 nitrogen and oxygen atoms in total. The van der Waals surface area contributed by atoms with Crippen molar-refractivity contribution < 1.29 is 9.59 Å². The maximum Gasteiger partial charge on any atom is 0.321 e. The highest BCUT2D eigenvalue weighted by Gasteiger charge is 2.24. The molecule has 8 heteroatoms. The van der Waals surface area contributed by atoms with E-state index in [9.17, 15) is 9.59 Å². The summed E-state index contributed by atoms with van der Waals surface area (Å²) in [5.41, 5.74) is 3.58. The molecule has 0 saturated carbocycles. The lowest BCUT2D eigenvalue weighted by Crippen LogP contribution is -2.39. The van der Waals surface area contributed by atoms with Crippen LogP contribution >= 0.6 is 24.0 Å². The number of anilines is 1. The van der Waals surface area contributed by atoms with Crippen LogP contribution < -0.4 is 20.9 Å². The Morgan fingerprint density at radius 3 is 2.82 bits per heavy atom. The van der Waals surface area contributed by atoms with Crippen LogP contribution in [-0.4, -0.2) is 38.1 Å². The molecule has 0 aliphatic carbocycles. The molecule has 3 N–H and O–H groups in total. The van der Waals surface area contributed by atoms with Crippen LogP contribution in [0.1, 0.15) is 27.5 Å². The van der Waals surface area contributed by atoms with Crippen molar-refractivity contribution >= 4 is 41.6 Å². The Balaban J connectivity index is 0.00000225. The first-order chi connectivity index (χ1) is 13.1. The Bertz CT molecular complexity index is 890. The van der Waals surface area contributed by atoms with Crippen LogP contribution in [0.3, 0.4) is 0 Å². The zero-order valence-corrected chi connectivity index (χ0v) is 16.8. The number of nitrogens with one attached hydrogen (secondary N) is 3. The van der Waals surface area contributed by atoms with Gasteiger partial charge in [0.05, 0.1) is 10.6 Å². The number of halogens is 2. The molecule has 28 heavy (non-hydrogen) atoms. The highest BCUT2D eigenvalue weighted by atomic mass is 35.5. The minimum atomic E-state index is -0.244. The lowest BCUT2D eigenvalue weighted by atomic mass is 9.94. The number of carbonyl (C=O) groups is 2. The number of amides is 3. The topological polar surface area (TPSA) is 73.5 Å². The van der Waals surface area contributed by atoms with Crippen molar-refractivity contribution in [3.05, 3.63) is 64.2 Å². The summed E-state index contributed by atoms with van der Waals surface area (Å²) in [7, 11) is 0. The summed E-state index contributed by atoms with van der Waals surface area (Å²) in [5, 5.41) is 9.55. The van der Waals surface area contributed by atoms with Crippen LogP contribution in [0.2, 0.25) is 5.02 Å². The molecule has 1 atom stereocenters. The summed E-state index contributed by atoms with van der Waals surface area (Å²) in [5.74, 6) is -0.244. The smallest absolute Gasteiger partial charge is 0.321 e. The highest BCUT2D eigenvalue weighted by Crippen LogP contribution is 2.25. The summed E-state index contributed by atoms with van der Waals surface area (Å²) in [6, 6.07) is 13.3. The Hall–Kier alpha value is -2.28. The Morgan fingerprint density at radius 2 is 2.04 bits per heavy atom. The molecule has 1 saturated heterocycles. The molecule has 2 aromatic carbocycles. The third-order valence-electron chi connectivity index (χ3n) is 5.05. The number of nitrogens with zero attached hydrogens (tertiary/aromatic N) is 1. The number of hydrogen-bond acceptors (Lipinski definition) is 3. The number of rotatable bonds is 4. The molecule has 148 valence electrons. The minimum Gasteiger partial charge on any atom is -0.350 e. The van der Waals surface area contributed by atoms with Crippen molar-refractivity contribution in [3.8, 4) is 0 Å². The van der Waals surface area contributed by atoms with Gasteiger partial charge in [-0.15, -0.1) is 12.4 Å². The van der Waals surface area contributed by atoms with E-state index in [0.717, 1.165) is 13.0 Å². The number of urea groups is 1. The van der Waals surface area contributed by atoms with Crippen molar-refractivity contribution in [2.75, 3.05) is 31.1 Å². The second-order valence-electron chi connectivity index (χ2n) is 6.71. The summed E-state index contributed by atoms with van der Waals surface area (Å²) >= 11 is 6.24. The Labute approximate surface area is 175 Å². The Kier molecular flexibility index (Phi) is 6.44. The molecule has 0 radical (unpaired) electrons. The van der Waals surface area contributed by atoms with E-state index >= 15 is 0 Å². The van der Waals surface area contributed by atoms with Crippen LogP contribution in [-0.2, 0) is 6.42 Å². The molecule has 2 aliphatic heterocycles. The fourth-order valence-corrected chi connectivity index (χ4v) is 3.84. The van der Waals surface area contributed by atoms with E-state index in [1.165, 1.54) is 11.1 Å². The van der Waals surface area contributed by atoms with Crippen LogP contribution in [0, 0.1) is 0 Å². The zero-order valence-electron chi connectivity index (χ0n) is 15.2. The van der Waals surface area contributed by atoms with Gasteiger partial charge in [0.15, 0.2) is 0 Å². The van der Waals surface area contributed by atoms with Crippen molar-refractivity contribution in [1.29, 1.82) is 0 Å². The van der Waals surface area contributed by atoms with Gasteiger partial charge >= 0.3 is 6.03 Å². The van der Waals surface area contributed by atoms with Gasteiger partial charge in [0.2, 0.25) is 0 Å². The van der Waals surface area contributed by atoms with Crippen molar-refractivity contribution in [3.63, 3.8) is 0 Å². The molecular weight excluding hydrogens is 399 g/mol. The third-order valence-corrected chi connectivity index (χ3v) is 5.37. The van der Waals surface area contributed by atoms with Gasteiger partial charge in [0.25, 0.3) is 5.91 Å². The number of benzene rings is 2. The van der Waals surface area contributed by atoms with Gasteiger partial charge in [-0.2, -0.15) is 0 Å². The molecule has 0 spiro atoms. The maximum atomic E-state index is 12.7. The molecule has 2 heterocycles. The SMILES string of the molecule is Cl.O=C(NCC1NCCc2ccccc21)c1cc(N2CCNC2=O)ccc1Cl. The predicted octanol–water partition coefficient (Wildman–Crippen LogP) is 2.91. The molecule has 1 unspecified atom stereocenters.